The van der Waals surface area contributed by atoms with Crippen molar-refractivity contribution in [3.8, 4) is 5.95 Å². The molecule has 0 atom stereocenters. The van der Waals surface area contributed by atoms with E-state index in [-0.39, 0.29) is 5.82 Å². The lowest BCUT2D eigenvalue weighted by Gasteiger charge is -1.92. The number of carboxylic acid groups (broad SMARTS) is 1. The largest absolute Gasteiger partial charge is 0.475 e. The minimum atomic E-state index is -1.14. The maximum Gasteiger partial charge on any atom is 0.375 e. The van der Waals surface area contributed by atoms with Crippen LogP contribution in [0, 0.1) is 0 Å². The second kappa shape index (κ2) is 2.74. The number of hydrogen-bond acceptors (Lipinski definition) is 3. The number of aromatic amines is 1. The normalized spacial score (nSPS) is 10.2. The van der Waals surface area contributed by atoms with Crippen LogP contribution in [0.4, 0.5) is 0 Å². The predicted molar refractivity (Wildman–Crippen MR) is 42.7 cm³/mol. The maximum absolute atomic E-state index is 10.4. The van der Waals surface area contributed by atoms with Crippen LogP contribution in [0.15, 0.2) is 24.5 Å². The topological polar surface area (TPSA) is 83.8 Å². The van der Waals surface area contributed by atoms with E-state index in [2.05, 4.69) is 15.2 Å². The Labute approximate surface area is 72.8 Å². The molecule has 0 saturated heterocycles. The van der Waals surface area contributed by atoms with Crippen molar-refractivity contribution < 1.29 is 9.90 Å². The fourth-order valence-electron chi connectivity index (χ4n) is 0.940. The third-order valence-electron chi connectivity index (χ3n) is 1.51. The zero-order valence-corrected chi connectivity index (χ0v) is 6.51. The van der Waals surface area contributed by atoms with Gasteiger partial charge in [0.05, 0.1) is 0 Å². The van der Waals surface area contributed by atoms with Gasteiger partial charge in [0.25, 0.3) is 5.82 Å². The summed E-state index contributed by atoms with van der Waals surface area (Å²) in [5.41, 5.74) is 0. The van der Waals surface area contributed by atoms with E-state index in [1.807, 2.05) is 12.1 Å². The molecule has 2 N–H and O–H groups in total. The molecule has 0 aromatic carbocycles. The van der Waals surface area contributed by atoms with Gasteiger partial charge in [0.15, 0.2) is 0 Å². The van der Waals surface area contributed by atoms with E-state index in [1.165, 1.54) is 0 Å². The fraction of sp³-hybridized carbons (Fsp3) is 0. The number of carboxylic acids is 1. The summed E-state index contributed by atoms with van der Waals surface area (Å²) >= 11 is 0. The maximum atomic E-state index is 10.4. The highest BCUT2D eigenvalue weighted by atomic mass is 16.4. The lowest BCUT2D eigenvalue weighted by atomic mass is 10.6. The first-order valence-electron chi connectivity index (χ1n) is 3.56. The number of aromatic nitrogens is 4. The summed E-state index contributed by atoms with van der Waals surface area (Å²) in [6.45, 7) is 0. The zero-order chi connectivity index (χ0) is 9.26. The molecule has 0 saturated carbocycles. The van der Waals surface area contributed by atoms with E-state index in [9.17, 15) is 4.79 Å². The first kappa shape index (κ1) is 7.53. The van der Waals surface area contributed by atoms with Crippen LogP contribution in [-0.4, -0.2) is 30.8 Å². The molecule has 2 aromatic rings. The lowest BCUT2D eigenvalue weighted by Crippen LogP contribution is -1.99. The standard InChI is InChI=1S/C7H6N4O2/c12-6(13)5-8-7(10-9-5)11-3-1-2-4-11/h1-4H,(H,12,13)(H,8,9,10). The van der Waals surface area contributed by atoms with Crippen molar-refractivity contribution in [1.82, 2.24) is 19.7 Å². The lowest BCUT2D eigenvalue weighted by molar-refractivity contribution is 0.0684. The van der Waals surface area contributed by atoms with E-state index in [0.29, 0.717) is 5.95 Å². The van der Waals surface area contributed by atoms with Crippen LogP contribution in [0.5, 0.6) is 0 Å². The van der Waals surface area contributed by atoms with Crippen LogP contribution in [0.1, 0.15) is 10.6 Å². The van der Waals surface area contributed by atoms with Crippen molar-refractivity contribution in [2.24, 2.45) is 0 Å². The minimum Gasteiger partial charge on any atom is -0.475 e. The van der Waals surface area contributed by atoms with E-state index in [0.717, 1.165) is 0 Å². The van der Waals surface area contributed by atoms with Crippen molar-refractivity contribution >= 4 is 5.97 Å². The Bertz CT molecular complexity index is 417. The second-order valence-electron chi connectivity index (χ2n) is 2.38. The highest BCUT2D eigenvalue weighted by Crippen LogP contribution is 2.00. The Balaban J connectivity index is 2.39. The Morgan fingerprint density at radius 2 is 2.15 bits per heavy atom. The van der Waals surface area contributed by atoms with Gasteiger partial charge in [-0.15, -0.1) is 5.10 Å². The van der Waals surface area contributed by atoms with Crippen LogP contribution in [0.3, 0.4) is 0 Å². The van der Waals surface area contributed by atoms with E-state index >= 15 is 0 Å². The van der Waals surface area contributed by atoms with Crippen molar-refractivity contribution in [3.63, 3.8) is 0 Å². The van der Waals surface area contributed by atoms with Gasteiger partial charge in [0.1, 0.15) is 0 Å². The summed E-state index contributed by atoms with van der Waals surface area (Å²) in [6.07, 6.45) is 3.48. The van der Waals surface area contributed by atoms with Crippen molar-refractivity contribution in [2.45, 2.75) is 0 Å². The molecule has 13 heavy (non-hydrogen) atoms. The van der Waals surface area contributed by atoms with Crippen LogP contribution in [-0.2, 0) is 0 Å². The molecular weight excluding hydrogens is 172 g/mol. The van der Waals surface area contributed by atoms with Crippen LogP contribution >= 0.6 is 0 Å². The predicted octanol–water partition coefficient (Wildman–Crippen LogP) is 0.294. The van der Waals surface area contributed by atoms with Crippen molar-refractivity contribution in [2.75, 3.05) is 0 Å². The molecule has 6 heteroatoms. The molecule has 6 nitrogen and oxygen atoms in total. The highest BCUT2D eigenvalue weighted by Gasteiger charge is 2.10. The molecule has 0 amide bonds. The summed E-state index contributed by atoms with van der Waals surface area (Å²) < 4.78 is 1.64. The van der Waals surface area contributed by atoms with Crippen molar-refractivity contribution in [3.05, 3.63) is 30.4 Å². The number of carbonyl (C=O) groups is 1. The van der Waals surface area contributed by atoms with Gasteiger partial charge in [0.2, 0.25) is 5.95 Å². The molecule has 0 aliphatic rings. The molecule has 0 spiro atoms. The average Bonchev–Trinajstić information content (AvgIpc) is 2.75. The Kier molecular flexibility index (Phi) is 1.59. The number of hydrogen-bond donors (Lipinski definition) is 2. The molecule has 0 fully saturated rings. The Morgan fingerprint density at radius 1 is 1.46 bits per heavy atom. The summed E-state index contributed by atoms with van der Waals surface area (Å²) in [5, 5.41) is 14.6. The third-order valence-corrected chi connectivity index (χ3v) is 1.51. The Morgan fingerprint density at radius 3 is 2.69 bits per heavy atom. The Hall–Kier alpha value is -2.11. The molecule has 0 bridgehead atoms. The van der Waals surface area contributed by atoms with Gasteiger partial charge in [-0.3, -0.25) is 4.57 Å². The molecule has 2 rings (SSSR count). The van der Waals surface area contributed by atoms with Gasteiger partial charge in [-0.1, -0.05) is 0 Å². The number of nitrogens with zero attached hydrogens (tertiary/aromatic N) is 3. The first-order chi connectivity index (χ1) is 6.27. The highest BCUT2D eigenvalue weighted by molar-refractivity contribution is 5.83. The number of H-pyrrole nitrogens is 1. The molecule has 0 radical (unpaired) electrons. The van der Waals surface area contributed by atoms with Crippen LogP contribution in [0.2, 0.25) is 0 Å². The number of rotatable bonds is 2. The quantitative estimate of drug-likeness (QED) is 0.692. The second-order valence-corrected chi connectivity index (χ2v) is 2.38. The fourth-order valence-corrected chi connectivity index (χ4v) is 0.940. The first-order valence-corrected chi connectivity index (χ1v) is 3.56. The molecule has 0 aliphatic carbocycles. The minimum absolute atomic E-state index is 0.233. The zero-order valence-electron chi connectivity index (χ0n) is 6.51. The number of nitrogens with one attached hydrogen (secondary N) is 1. The van der Waals surface area contributed by atoms with Crippen LogP contribution in [0.25, 0.3) is 5.95 Å². The molecule has 66 valence electrons. The molecule has 2 aromatic heterocycles. The summed E-state index contributed by atoms with van der Waals surface area (Å²) in [4.78, 5) is 14.2. The summed E-state index contributed by atoms with van der Waals surface area (Å²) in [7, 11) is 0. The average molecular weight is 178 g/mol. The smallest absolute Gasteiger partial charge is 0.375 e. The van der Waals surface area contributed by atoms with E-state index in [4.69, 9.17) is 5.11 Å². The van der Waals surface area contributed by atoms with Gasteiger partial charge in [-0.2, -0.15) is 4.98 Å². The van der Waals surface area contributed by atoms with Gasteiger partial charge in [0, 0.05) is 12.4 Å². The van der Waals surface area contributed by atoms with Crippen LogP contribution < -0.4 is 0 Å². The van der Waals surface area contributed by atoms with Gasteiger partial charge >= 0.3 is 5.97 Å². The summed E-state index contributed by atoms with van der Waals surface area (Å²) in [6, 6.07) is 3.62. The number of aromatic carboxylic acids is 1. The molecule has 0 aliphatic heterocycles. The van der Waals surface area contributed by atoms with E-state index < -0.39 is 5.97 Å². The molecular formula is C7H6N4O2. The van der Waals surface area contributed by atoms with Crippen molar-refractivity contribution in [1.29, 1.82) is 0 Å². The van der Waals surface area contributed by atoms with Gasteiger partial charge in [-0.05, 0) is 12.1 Å². The van der Waals surface area contributed by atoms with E-state index in [1.54, 1.807) is 17.0 Å². The molecule has 0 unspecified atom stereocenters. The monoisotopic (exact) mass is 178 g/mol. The third kappa shape index (κ3) is 1.28. The van der Waals surface area contributed by atoms with Gasteiger partial charge in [-0.25, -0.2) is 9.89 Å². The molecule has 2 heterocycles. The van der Waals surface area contributed by atoms with Gasteiger partial charge < -0.3 is 5.11 Å². The summed E-state index contributed by atoms with van der Waals surface area (Å²) in [5.74, 6) is -0.985. The SMILES string of the molecule is O=C(O)c1n[nH]c(-n2cccc2)n1.